The van der Waals surface area contributed by atoms with Crippen LogP contribution in [0.15, 0.2) is 48.7 Å². The fraction of sp³-hybridized carbons (Fsp3) is 0.263. The summed E-state index contributed by atoms with van der Waals surface area (Å²) in [6.07, 6.45) is 1.51. The molecule has 0 aliphatic heterocycles. The number of esters is 1. The molecule has 1 aromatic heterocycles. The zero-order chi connectivity index (χ0) is 18.4. The fourth-order valence-electron chi connectivity index (χ4n) is 1.88. The number of amides is 1. The monoisotopic (exact) mass is 340 g/mol. The second kappa shape index (κ2) is 7.70. The molecule has 2 rings (SSSR count). The Labute approximate surface area is 146 Å². The van der Waals surface area contributed by atoms with Crippen LogP contribution in [0, 0.1) is 5.41 Å². The summed E-state index contributed by atoms with van der Waals surface area (Å²) in [5.41, 5.74) is 0.112. The minimum absolute atomic E-state index is 0.175. The lowest BCUT2D eigenvalue weighted by molar-refractivity contribution is -0.129. The molecular weight excluding hydrogens is 320 g/mol. The molecule has 0 fully saturated rings. The standard InChI is InChI=1S/C19H20N2O4/c1-19(2,3)16(22)12-25-18(24)13-8-4-5-9-14(13)21-17(23)15-10-6-7-11-20-15/h4-11H,12H2,1-3H3,(H,21,23). The third kappa shape index (κ3) is 4.97. The zero-order valence-electron chi connectivity index (χ0n) is 14.4. The number of carbonyl (C=O) groups excluding carboxylic acids is 3. The zero-order valence-corrected chi connectivity index (χ0v) is 14.4. The smallest absolute Gasteiger partial charge is 0.340 e. The van der Waals surface area contributed by atoms with Crippen molar-refractivity contribution in [3.63, 3.8) is 0 Å². The van der Waals surface area contributed by atoms with E-state index in [1.807, 2.05) is 0 Å². The van der Waals surface area contributed by atoms with Crippen LogP contribution in [0.5, 0.6) is 0 Å². The number of hydrogen-bond acceptors (Lipinski definition) is 5. The van der Waals surface area contributed by atoms with Gasteiger partial charge in [0.2, 0.25) is 0 Å². The highest BCUT2D eigenvalue weighted by Gasteiger charge is 2.23. The average molecular weight is 340 g/mol. The molecule has 0 saturated carbocycles. The van der Waals surface area contributed by atoms with Crippen LogP contribution in [-0.4, -0.2) is 29.3 Å². The van der Waals surface area contributed by atoms with Crippen LogP contribution < -0.4 is 5.32 Å². The summed E-state index contributed by atoms with van der Waals surface area (Å²) < 4.78 is 5.09. The molecule has 6 nitrogen and oxygen atoms in total. The van der Waals surface area contributed by atoms with Gasteiger partial charge in [-0.1, -0.05) is 39.0 Å². The first-order chi connectivity index (χ1) is 11.8. The highest BCUT2D eigenvalue weighted by Crippen LogP contribution is 2.19. The topological polar surface area (TPSA) is 85.4 Å². The number of anilines is 1. The maximum atomic E-state index is 12.3. The molecule has 1 N–H and O–H groups in total. The van der Waals surface area contributed by atoms with E-state index >= 15 is 0 Å². The summed E-state index contributed by atoms with van der Waals surface area (Å²) in [5, 5.41) is 2.64. The second-order valence-corrected chi connectivity index (χ2v) is 6.46. The molecule has 25 heavy (non-hydrogen) atoms. The SMILES string of the molecule is CC(C)(C)C(=O)COC(=O)c1ccccc1NC(=O)c1ccccn1. The highest BCUT2D eigenvalue weighted by atomic mass is 16.5. The van der Waals surface area contributed by atoms with Crippen molar-refractivity contribution >= 4 is 23.3 Å². The van der Waals surface area contributed by atoms with Gasteiger partial charge in [0.1, 0.15) is 5.69 Å². The molecule has 0 aliphatic carbocycles. The Morgan fingerprint density at radius 2 is 1.72 bits per heavy atom. The van der Waals surface area contributed by atoms with Gasteiger partial charge in [0.05, 0.1) is 11.3 Å². The largest absolute Gasteiger partial charge is 0.454 e. The van der Waals surface area contributed by atoms with E-state index in [2.05, 4.69) is 10.3 Å². The van der Waals surface area contributed by atoms with Gasteiger partial charge in [-0.15, -0.1) is 0 Å². The van der Waals surface area contributed by atoms with Crippen LogP contribution >= 0.6 is 0 Å². The maximum Gasteiger partial charge on any atom is 0.340 e. The number of rotatable bonds is 5. The van der Waals surface area contributed by atoms with E-state index in [4.69, 9.17) is 4.74 Å². The average Bonchev–Trinajstić information content (AvgIpc) is 2.59. The number of carbonyl (C=O) groups is 3. The normalized spacial score (nSPS) is 10.8. The maximum absolute atomic E-state index is 12.3. The van der Waals surface area contributed by atoms with Crippen molar-refractivity contribution in [2.75, 3.05) is 11.9 Å². The van der Waals surface area contributed by atoms with E-state index in [1.54, 1.807) is 57.2 Å². The predicted octanol–water partition coefficient (Wildman–Crippen LogP) is 3.11. The molecule has 0 aliphatic rings. The molecule has 1 aromatic carbocycles. The summed E-state index contributed by atoms with van der Waals surface area (Å²) in [6.45, 7) is 4.95. The minimum Gasteiger partial charge on any atom is -0.454 e. The van der Waals surface area contributed by atoms with Crippen LogP contribution in [0.3, 0.4) is 0 Å². The number of pyridine rings is 1. The fourth-order valence-corrected chi connectivity index (χ4v) is 1.88. The first-order valence-corrected chi connectivity index (χ1v) is 7.81. The number of ketones is 1. The quantitative estimate of drug-likeness (QED) is 0.845. The van der Waals surface area contributed by atoms with Crippen molar-refractivity contribution in [1.82, 2.24) is 4.98 Å². The van der Waals surface area contributed by atoms with Gasteiger partial charge in [0, 0.05) is 11.6 Å². The molecular formula is C19H20N2O4. The summed E-state index contributed by atoms with van der Waals surface area (Å²) in [6, 6.07) is 11.4. The molecule has 6 heteroatoms. The van der Waals surface area contributed by atoms with Crippen molar-refractivity contribution in [3.8, 4) is 0 Å². The van der Waals surface area contributed by atoms with E-state index in [0.29, 0.717) is 5.69 Å². The van der Waals surface area contributed by atoms with Gasteiger partial charge >= 0.3 is 5.97 Å². The van der Waals surface area contributed by atoms with E-state index in [0.717, 1.165) is 0 Å². The number of aromatic nitrogens is 1. The Balaban J connectivity index is 2.11. The molecule has 1 amide bonds. The van der Waals surface area contributed by atoms with Crippen molar-refractivity contribution in [2.24, 2.45) is 5.41 Å². The van der Waals surface area contributed by atoms with Gasteiger partial charge < -0.3 is 10.1 Å². The lowest BCUT2D eigenvalue weighted by atomic mass is 9.91. The third-order valence-electron chi connectivity index (χ3n) is 3.46. The third-order valence-corrected chi connectivity index (χ3v) is 3.46. The van der Waals surface area contributed by atoms with Crippen molar-refractivity contribution < 1.29 is 19.1 Å². The van der Waals surface area contributed by atoms with Gasteiger partial charge in [-0.2, -0.15) is 0 Å². The van der Waals surface area contributed by atoms with E-state index in [-0.39, 0.29) is 23.6 Å². The lowest BCUT2D eigenvalue weighted by Gasteiger charge is -2.16. The van der Waals surface area contributed by atoms with Crippen molar-refractivity contribution in [2.45, 2.75) is 20.8 Å². The lowest BCUT2D eigenvalue weighted by Crippen LogP contribution is -2.26. The van der Waals surface area contributed by atoms with E-state index in [9.17, 15) is 14.4 Å². The Hall–Kier alpha value is -3.02. The van der Waals surface area contributed by atoms with Crippen LogP contribution in [0.4, 0.5) is 5.69 Å². The molecule has 0 unspecified atom stereocenters. The summed E-state index contributed by atoms with van der Waals surface area (Å²) >= 11 is 0. The molecule has 0 bridgehead atoms. The predicted molar refractivity (Wildman–Crippen MR) is 93.4 cm³/mol. The number of para-hydroxylation sites is 1. The minimum atomic E-state index is -0.672. The van der Waals surface area contributed by atoms with Gasteiger partial charge in [0.25, 0.3) is 5.91 Å². The highest BCUT2D eigenvalue weighted by molar-refractivity contribution is 6.07. The van der Waals surface area contributed by atoms with Gasteiger partial charge in [-0.3, -0.25) is 14.6 Å². The summed E-state index contributed by atoms with van der Waals surface area (Å²) in [4.78, 5) is 40.3. The van der Waals surface area contributed by atoms with Crippen molar-refractivity contribution in [3.05, 3.63) is 59.9 Å². The first kappa shape index (κ1) is 18.3. The number of ether oxygens (including phenoxy) is 1. The molecule has 0 spiro atoms. The first-order valence-electron chi connectivity index (χ1n) is 7.81. The van der Waals surface area contributed by atoms with E-state index < -0.39 is 17.3 Å². The van der Waals surface area contributed by atoms with Crippen LogP contribution in [-0.2, 0) is 9.53 Å². The van der Waals surface area contributed by atoms with Crippen LogP contribution in [0.25, 0.3) is 0 Å². The number of nitrogens with one attached hydrogen (secondary N) is 1. The number of nitrogens with zero attached hydrogens (tertiary/aromatic N) is 1. The Bertz CT molecular complexity index is 780. The molecule has 1 heterocycles. The summed E-state index contributed by atoms with van der Waals surface area (Å²) in [7, 11) is 0. The number of benzene rings is 1. The Morgan fingerprint density at radius 1 is 1.04 bits per heavy atom. The van der Waals surface area contributed by atoms with Gasteiger partial charge in [-0.25, -0.2) is 4.79 Å². The Kier molecular flexibility index (Phi) is 5.64. The summed E-state index contributed by atoms with van der Waals surface area (Å²) in [5.74, 6) is -1.29. The van der Waals surface area contributed by atoms with Crippen LogP contribution in [0.1, 0.15) is 41.6 Å². The molecule has 2 aromatic rings. The molecule has 0 radical (unpaired) electrons. The number of hydrogen-bond donors (Lipinski definition) is 1. The second-order valence-electron chi connectivity index (χ2n) is 6.46. The molecule has 0 saturated heterocycles. The Morgan fingerprint density at radius 3 is 2.36 bits per heavy atom. The molecule has 130 valence electrons. The van der Waals surface area contributed by atoms with E-state index in [1.165, 1.54) is 12.3 Å². The van der Waals surface area contributed by atoms with Crippen molar-refractivity contribution in [1.29, 1.82) is 0 Å². The van der Waals surface area contributed by atoms with Gasteiger partial charge in [-0.05, 0) is 24.3 Å². The molecule has 0 atom stereocenters. The number of Topliss-reactive ketones (excluding diaryl/α,β-unsaturated/α-hetero) is 1. The van der Waals surface area contributed by atoms with Crippen LogP contribution in [0.2, 0.25) is 0 Å². The van der Waals surface area contributed by atoms with Gasteiger partial charge in [0.15, 0.2) is 12.4 Å².